The summed E-state index contributed by atoms with van der Waals surface area (Å²) >= 11 is 1.23. The van der Waals surface area contributed by atoms with Crippen LogP contribution in [0.1, 0.15) is 12.0 Å². The van der Waals surface area contributed by atoms with Gasteiger partial charge in [0.25, 0.3) is 0 Å². The van der Waals surface area contributed by atoms with E-state index in [0.29, 0.717) is 28.0 Å². The molecular formula is C26H24FN3O4S. The Kier molecular flexibility index (Phi) is 7.67. The number of thioether (sulfide) groups is 1. The lowest BCUT2D eigenvalue weighted by molar-refractivity contribution is -0.128. The maximum Gasteiger partial charge on any atom is 0.242 e. The lowest BCUT2D eigenvalue weighted by Crippen LogP contribution is -2.33. The molecule has 1 N–H and O–H groups in total. The van der Waals surface area contributed by atoms with Crippen molar-refractivity contribution in [1.29, 1.82) is 0 Å². The lowest BCUT2D eigenvalue weighted by Gasteiger charge is -2.17. The van der Waals surface area contributed by atoms with E-state index in [2.05, 4.69) is 10.3 Å². The molecule has 35 heavy (non-hydrogen) atoms. The quantitative estimate of drug-likeness (QED) is 0.478. The Bertz CT molecular complexity index is 1230. The van der Waals surface area contributed by atoms with Gasteiger partial charge in [0.2, 0.25) is 11.8 Å². The number of carbonyl (C=O) groups excluding carboxylic acids is 2. The summed E-state index contributed by atoms with van der Waals surface area (Å²) in [4.78, 5) is 32.3. The minimum absolute atomic E-state index is 0.0386. The number of amidine groups is 1. The summed E-state index contributed by atoms with van der Waals surface area (Å²) in [7, 11) is 3.11. The second-order valence-corrected chi connectivity index (χ2v) is 8.87. The summed E-state index contributed by atoms with van der Waals surface area (Å²) in [6, 6.07) is 20.2. The van der Waals surface area contributed by atoms with E-state index in [9.17, 15) is 14.0 Å². The van der Waals surface area contributed by atoms with E-state index < -0.39 is 5.25 Å². The van der Waals surface area contributed by atoms with Crippen LogP contribution in [-0.2, 0) is 16.1 Å². The minimum atomic E-state index is -0.651. The number of hydrogen-bond acceptors (Lipinski definition) is 6. The van der Waals surface area contributed by atoms with Gasteiger partial charge in [-0.15, -0.1) is 0 Å². The first kappa shape index (κ1) is 24.3. The first-order valence-electron chi connectivity index (χ1n) is 10.8. The Morgan fingerprint density at radius 3 is 2.43 bits per heavy atom. The first-order valence-corrected chi connectivity index (χ1v) is 11.7. The highest BCUT2D eigenvalue weighted by atomic mass is 32.2. The molecule has 180 valence electrons. The van der Waals surface area contributed by atoms with Crippen LogP contribution >= 0.6 is 11.8 Å². The second-order valence-electron chi connectivity index (χ2n) is 7.70. The molecule has 0 aliphatic carbocycles. The van der Waals surface area contributed by atoms with Crippen molar-refractivity contribution in [1.82, 2.24) is 4.90 Å². The fourth-order valence-electron chi connectivity index (χ4n) is 3.53. The highest BCUT2D eigenvalue weighted by Gasteiger charge is 2.39. The van der Waals surface area contributed by atoms with Crippen molar-refractivity contribution in [2.45, 2.75) is 18.2 Å². The number of rotatable bonds is 8. The van der Waals surface area contributed by atoms with Gasteiger partial charge in [-0.3, -0.25) is 14.5 Å². The maximum absolute atomic E-state index is 13.4. The van der Waals surface area contributed by atoms with Crippen molar-refractivity contribution in [3.63, 3.8) is 0 Å². The zero-order chi connectivity index (χ0) is 24.8. The number of nitrogens with zero attached hydrogens (tertiary/aromatic N) is 2. The van der Waals surface area contributed by atoms with Crippen LogP contribution in [0.25, 0.3) is 0 Å². The number of hydrogen-bond donors (Lipinski definition) is 1. The number of benzene rings is 3. The fraction of sp³-hybridized carbons (Fsp3) is 0.192. The highest BCUT2D eigenvalue weighted by molar-refractivity contribution is 8.15. The molecule has 1 atom stereocenters. The molecule has 4 rings (SSSR count). The number of para-hydroxylation sites is 2. The van der Waals surface area contributed by atoms with Crippen LogP contribution in [0.4, 0.5) is 15.8 Å². The van der Waals surface area contributed by atoms with Crippen molar-refractivity contribution in [2.24, 2.45) is 4.99 Å². The Labute approximate surface area is 207 Å². The SMILES string of the molecule is COc1ccc(N=C2SC(CC(=O)Nc3ccccc3OC)C(=O)N2Cc2ccc(F)cc2)cc1. The summed E-state index contributed by atoms with van der Waals surface area (Å²) in [5.41, 5.74) is 1.93. The van der Waals surface area contributed by atoms with Gasteiger partial charge in [-0.05, 0) is 54.1 Å². The van der Waals surface area contributed by atoms with E-state index in [4.69, 9.17) is 9.47 Å². The molecule has 0 saturated carbocycles. The van der Waals surface area contributed by atoms with Crippen molar-refractivity contribution in [3.8, 4) is 11.5 Å². The van der Waals surface area contributed by atoms with Gasteiger partial charge < -0.3 is 14.8 Å². The molecular weight excluding hydrogens is 469 g/mol. The topological polar surface area (TPSA) is 80.2 Å². The third-order valence-corrected chi connectivity index (χ3v) is 6.50. The molecule has 1 aliphatic rings. The second kappa shape index (κ2) is 11.1. The number of methoxy groups -OCH3 is 2. The Morgan fingerprint density at radius 1 is 1.03 bits per heavy atom. The van der Waals surface area contributed by atoms with Gasteiger partial charge in [0.05, 0.1) is 32.1 Å². The molecule has 3 aromatic rings. The van der Waals surface area contributed by atoms with E-state index in [1.807, 2.05) is 0 Å². The number of halogens is 1. The van der Waals surface area contributed by atoms with Crippen LogP contribution in [0.15, 0.2) is 77.8 Å². The lowest BCUT2D eigenvalue weighted by atomic mass is 10.2. The van der Waals surface area contributed by atoms with Gasteiger partial charge in [-0.2, -0.15) is 0 Å². The number of aliphatic imine (C=N–C) groups is 1. The molecule has 7 nitrogen and oxygen atoms in total. The molecule has 0 spiro atoms. The van der Waals surface area contributed by atoms with Crippen LogP contribution in [0.2, 0.25) is 0 Å². The van der Waals surface area contributed by atoms with Crippen LogP contribution in [-0.4, -0.2) is 41.4 Å². The van der Waals surface area contributed by atoms with Gasteiger partial charge in [0, 0.05) is 6.42 Å². The van der Waals surface area contributed by atoms with Gasteiger partial charge in [-0.1, -0.05) is 36.0 Å². The molecule has 1 fully saturated rings. The van der Waals surface area contributed by atoms with Crippen LogP contribution < -0.4 is 14.8 Å². The fourth-order valence-corrected chi connectivity index (χ4v) is 4.68. The molecule has 1 unspecified atom stereocenters. The Hall–Kier alpha value is -3.85. The van der Waals surface area contributed by atoms with Crippen molar-refractivity contribution >= 4 is 40.1 Å². The van der Waals surface area contributed by atoms with Gasteiger partial charge in [-0.25, -0.2) is 9.38 Å². The van der Waals surface area contributed by atoms with E-state index in [-0.39, 0.29) is 30.6 Å². The number of anilines is 1. The Balaban J connectivity index is 1.55. The van der Waals surface area contributed by atoms with Crippen molar-refractivity contribution in [3.05, 3.63) is 84.2 Å². The standard InChI is InChI=1S/C26H24FN3O4S/c1-33-20-13-11-19(12-14-20)28-26-30(16-17-7-9-18(27)10-8-17)25(32)23(35-26)15-24(31)29-21-5-3-4-6-22(21)34-2/h3-14,23H,15-16H2,1-2H3,(H,29,31). The third-order valence-electron chi connectivity index (χ3n) is 5.32. The van der Waals surface area contributed by atoms with E-state index in [1.165, 1.54) is 35.9 Å². The summed E-state index contributed by atoms with van der Waals surface area (Å²) in [5, 5.41) is 2.63. The summed E-state index contributed by atoms with van der Waals surface area (Å²) in [5.74, 6) is 0.326. The van der Waals surface area contributed by atoms with E-state index in [1.54, 1.807) is 67.8 Å². The number of carbonyl (C=O) groups is 2. The average molecular weight is 494 g/mol. The van der Waals surface area contributed by atoms with Gasteiger partial charge in [0.15, 0.2) is 5.17 Å². The summed E-state index contributed by atoms with van der Waals surface area (Å²) < 4.78 is 23.8. The monoisotopic (exact) mass is 493 g/mol. The molecule has 1 heterocycles. The van der Waals surface area contributed by atoms with E-state index in [0.717, 1.165) is 5.56 Å². The number of ether oxygens (including phenoxy) is 2. The zero-order valence-electron chi connectivity index (χ0n) is 19.2. The normalized spacial score (nSPS) is 16.4. The highest BCUT2D eigenvalue weighted by Crippen LogP contribution is 2.34. The average Bonchev–Trinajstić information content (AvgIpc) is 3.14. The molecule has 1 aliphatic heterocycles. The van der Waals surface area contributed by atoms with Gasteiger partial charge >= 0.3 is 0 Å². The molecule has 9 heteroatoms. The third kappa shape index (κ3) is 5.99. The maximum atomic E-state index is 13.4. The van der Waals surface area contributed by atoms with Crippen LogP contribution in [0, 0.1) is 5.82 Å². The van der Waals surface area contributed by atoms with Crippen molar-refractivity contribution in [2.75, 3.05) is 19.5 Å². The Morgan fingerprint density at radius 2 is 1.74 bits per heavy atom. The summed E-state index contributed by atoms with van der Waals surface area (Å²) in [6.45, 7) is 0.214. The molecule has 3 aromatic carbocycles. The molecule has 0 bridgehead atoms. The predicted octanol–water partition coefficient (Wildman–Crippen LogP) is 5.00. The predicted molar refractivity (Wildman–Crippen MR) is 135 cm³/mol. The molecule has 1 saturated heterocycles. The molecule has 0 radical (unpaired) electrons. The van der Waals surface area contributed by atoms with Gasteiger partial charge in [0.1, 0.15) is 22.6 Å². The summed E-state index contributed by atoms with van der Waals surface area (Å²) in [6.07, 6.45) is -0.0386. The minimum Gasteiger partial charge on any atom is -0.497 e. The van der Waals surface area contributed by atoms with Crippen LogP contribution in [0.3, 0.4) is 0 Å². The van der Waals surface area contributed by atoms with Crippen molar-refractivity contribution < 1.29 is 23.5 Å². The molecule has 0 aromatic heterocycles. The molecule has 2 amide bonds. The van der Waals surface area contributed by atoms with Crippen LogP contribution in [0.5, 0.6) is 11.5 Å². The smallest absolute Gasteiger partial charge is 0.242 e. The number of amides is 2. The van der Waals surface area contributed by atoms with E-state index >= 15 is 0 Å². The first-order chi connectivity index (χ1) is 17.0. The zero-order valence-corrected chi connectivity index (χ0v) is 20.0. The number of nitrogens with one attached hydrogen (secondary N) is 1. The largest absolute Gasteiger partial charge is 0.497 e.